The molecule has 2 rings (SSSR count). The summed E-state index contributed by atoms with van der Waals surface area (Å²) in [4.78, 5) is 0. The van der Waals surface area contributed by atoms with Gasteiger partial charge in [0, 0.05) is 11.1 Å². The molecule has 1 N–H and O–H groups in total. The molecule has 0 bridgehead atoms. The number of aryl methyl sites for hydroxylation is 1. The van der Waals surface area contributed by atoms with E-state index in [0.29, 0.717) is 11.1 Å². The van der Waals surface area contributed by atoms with E-state index in [1.54, 1.807) is 6.07 Å². The van der Waals surface area contributed by atoms with Crippen molar-refractivity contribution in [2.45, 2.75) is 25.3 Å². The van der Waals surface area contributed by atoms with Gasteiger partial charge >= 0.3 is 0 Å². The molecular weight excluding hydrogens is 273 g/mol. The van der Waals surface area contributed by atoms with Crippen LogP contribution in [0.2, 0.25) is 5.02 Å². The summed E-state index contributed by atoms with van der Waals surface area (Å²) in [6, 6.07) is 15.3. The average Bonchev–Trinajstić information content (AvgIpc) is 2.46. The zero-order valence-electron chi connectivity index (χ0n) is 11.6. The summed E-state index contributed by atoms with van der Waals surface area (Å²) in [5.74, 6) is -0.288. The molecule has 0 aliphatic heterocycles. The smallest absolute Gasteiger partial charge is 0.124 e. The van der Waals surface area contributed by atoms with E-state index in [0.717, 1.165) is 24.8 Å². The fourth-order valence-corrected chi connectivity index (χ4v) is 2.53. The zero-order chi connectivity index (χ0) is 14.4. The lowest BCUT2D eigenvalue weighted by molar-refractivity contribution is 0.519. The molecule has 0 aliphatic rings. The highest BCUT2D eigenvalue weighted by Gasteiger charge is 2.10. The second kappa shape index (κ2) is 7.41. The molecule has 106 valence electrons. The predicted octanol–water partition coefficient (Wildman–Crippen LogP) is 4.24. The molecule has 0 aromatic heterocycles. The molecule has 0 saturated heterocycles. The molecule has 0 heterocycles. The molecule has 0 spiro atoms. The van der Waals surface area contributed by atoms with E-state index in [1.165, 1.54) is 17.7 Å². The van der Waals surface area contributed by atoms with Crippen molar-refractivity contribution in [3.63, 3.8) is 0 Å². The first kappa shape index (κ1) is 15.0. The van der Waals surface area contributed by atoms with Gasteiger partial charge in [-0.2, -0.15) is 0 Å². The summed E-state index contributed by atoms with van der Waals surface area (Å²) < 4.78 is 13.0. The van der Waals surface area contributed by atoms with Crippen LogP contribution in [0.1, 0.15) is 17.5 Å². The highest BCUT2D eigenvalue weighted by Crippen LogP contribution is 2.20. The molecule has 3 heteroatoms. The van der Waals surface area contributed by atoms with E-state index >= 15 is 0 Å². The Bertz CT molecular complexity index is 542. The van der Waals surface area contributed by atoms with E-state index in [-0.39, 0.29) is 5.82 Å². The van der Waals surface area contributed by atoms with E-state index in [1.807, 2.05) is 13.1 Å². The zero-order valence-corrected chi connectivity index (χ0v) is 12.3. The molecule has 2 aromatic carbocycles. The van der Waals surface area contributed by atoms with Crippen LogP contribution in [0, 0.1) is 5.82 Å². The van der Waals surface area contributed by atoms with Crippen molar-refractivity contribution in [2.24, 2.45) is 0 Å². The van der Waals surface area contributed by atoms with Crippen LogP contribution in [0.25, 0.3) is 0 Å². The largest absolute Gasteiger partial charge is 0.317 e. The standard InChI is InChI=1S/C17H19ClFN/c1-20-16(10-7-13-5-3-2-4-6-13)11-14-8-9-15(19)12-17(14)18/h2-6,8-9,12,16,20H,7,10-11H2,1H3. The SMILES string of the molecule is CNC(CCc1ccccc1)Cc1ccc(F)cc1Cl. The van der Waals surface area contributed by atoms with Crippen molar-refractivity contribution in [1.29, 1.82) is 0 Å². The second-order valence-corrected chi connectivity index (χ2v) is 5.36. The van der Waals surface area contributed by atoms with E-state index < -0.39 is 0 Å². The minimum Gasteiger partial charge on any atom is -0.317 e. The molecule has 20 heavy (non-hydrogen) atoms. The minimum atomic E-state index is -0.288. The maximum absolute atomic E-state index is 13.0. The molecule has 1 unspecified atom stereocenters. The Kier molecular flexibility index (Phi) is 5.57. The van der Waals surface area contributed by atoms with Crippen molar-refractivity contribution < 1.29 is 4.39 Å². The number of nitrogens with one attached hydrogen (secondary N) is 1. The van der Waals surface area contributed by atoms with Crippen molar-refractivity contribution in [3.05, 3.63) is 70.5 Å². The van der Waals surface area contributed by atoms with Gasteiger partial charge in [-0.3, -0.25) is 0 Å². The lowest BCUT2D eigenvalue weighted by Gasteiger charge is -2.17. The quantitative estimate of drug-likeness (QED) is 0.839. The summed E-state index contributed by atoms with van der Waals surface area (Å²) in [6.45, 7) is 0. The van der Waals surface area contributed by atoms with Crippen LogP contribution >= 0.6 is 11.6 Å². The molecule has 0 saturated carbocycles. The molecule has 0 aliphatic carbocycles. The van der Waals surface area contributed by atoms with E-state index in [2.05, 4.69) is 29.6 Å². The Morgan fingerprint density at radius 1 is 1.15 bits per heavy atom. The van der Waals surface area contributed by atoms with Crippen LogP contribution in [0.5, 0.6) is 0 Å². The Labute approximate surface area is 124 Å². The first-order valence-electron chi connectivity index (χ1n) is 6.84. The van der Waals surface area contributed by atoms with Gasteiger partial charge in [0.1, 0.15) is 5.82 Å². The average molecular weight is 292 g/mol. The van der Waals surface area contributed by atoms with Gasteiger partial charge in [0.05, 0.1) is 0 Å². The monoisotopic (exact) mass is 291 g/mol. The third-order valence-electron chi connectivity index (χ3n) is 3.51. The number of likely N-dealkylation sites (N-methyl/N-ethyl adjacent to an activating group) is 1. The number of hydrogen-bond donors (Lipinski definition) is 1. The van der Waals surface area contributed by atoms with Crippen LogP contribution in [-0.2, 0) is 12.8 Å². The van der Waals surface area contributed by atoms with Gasteiger partial charge < -0.3 is 5.32 Å². The first-order valence-corrected chi connectivity index (χ1v) is 7.22. The predicted molar refractivity (Wildman–Crippen MR) is 82.7 cm³/mol. The van der Waals surface area contributed by atoms with Crippen molar-refractivity contribution >= 4 is 11.6 Å². The first-order chi connectivity index (χ1) is 9.69. The van der Waals surface area contributed by atoms with Crippen LogP contribution in [-0.4, -0.2) is 13.1 Å². The molecule has 1 nitrogen and oxygen atoms in total. The molecule has 0 radical (unpaired) electrons. The number of rotatable bonds is 6. The molecule has 0 amide bonds. The van der Waals surface area contributed by atoms with Gasteiger partial charge in [-0.1, -0.05) is 48.0 Å². The molecule has 2 aromatic rings. The Balaban J connectivity index is 1.95. The Morgan fingerprint density at radius 3 is 2.55 bits per heavy atom. The highest BCUT2D eigenvalue weighted by atomic mass is 35.5. The molecule has 1 atom stereocenters. The Morgan fingerprint density at radius 2 is 1.90 bits per heavy atom. The molecular formula is C17H19ClFN. The van der Waals surface area contributed by atoms with E-state index in [4.69, 9.17) is 11.6 Å². The van der Waals surface area contributed by atoms with Crippen molar-refractivity contribution in [1.82, 2.24) is 5.32 Å². The number of benzene rings is 2. The summed E-state index contributed by atoms with van der Waals surface area (Å²) in [5, 5.41) is 3.81. The minimum absolute atomic E-state index is 0.288. The van der Waals surface area contributed by atoms with Gasteiger partial charge in [0.25, 0.3) is 0 Å². The topological polar surface area (TPSA) is 12.0 Å². The van der Waals surface area contributed by atoms with Crippen LogP contribution in [0.15, 0.2) is 48.5 Å². The second-order valence-electron chi connectivity index (χ2n) is 4.95. The van der Waals surface area contributed by atoms with Crippen LogP contribution < -0.4 is 5.32 Å². The maximum atomic E-state index is 13.0. The third kappa shape index (κ3) is 4.32. The van der Waals surface area contributed by atoms with E-state index in [9.17, 15) is 4.39 Å². The van der Waals surface area contributed by atoms with Gasteiger partial charge in [0.2, 0.25) is 0 Å². The van der Waals surface area contributed by atoms with Crippen molar-refractivity contribution in [3.8, 4) is 0 Å². The van der Waals surface area contributed by atoms with Crippen LogP contribution in [0.3, 0.4) is 0 Å². The lowest BCUT2D eigenvalue weighted by Crippen LogP contribution is -2.28. The maximum Gasteiger partial charge on any atom is 0.124 e. The van der Waals surface area contributed by atoms with Gasteiger partial charge in [0.15, 0.2) is 0 Å². The fourth-order valence-electron chi connectivity index (χ4n) is 2.29. The summed E-state index contributed by atoms with van der Waals surface area (Å²) in [7, 11) is 1.95. The highest BCUT2D eigenvalue weighted by molar-refractivity contribution is 6.31. The van der Waals surface area contributed by atoms with Gasteiger partial charge in [-0.15, -0.1) is 0 Å². The lowest BCUT2D eigenvalue weighted by atomic mass is 9.99. The van der Waals surface area contributed by atoms with Gasteiger partial charge in [-0.25, -0.2) is 4.39 Å². The third-order valence-corrected chi connectivity index (χ3v) is 3.87. The fraction of sp³-hybridized carbons (Fsp3) is 0.294. The summed E-state index contributed by atoms with van der Waals surface area (Å²) in [5.41, 5.74) is 2.32. The molecule has 0 fully saturated rings. The number of halogens is 2. The summed E-state index contributed by atoms with van der Waals surface area (Å²) in [6.07, 6.45) is 2.85. The van der Waals surface area contributed by atoms with Crippen molar-refractivity contribution in [2.75, 3.05) is 7.05 Å². The summed E-state index contributed by atoms with van der Waals surface area (Å²) >= 11 is 6.08. The van der Waals surface area contributed by atoms with Crippen LogP contribution in [0.4, 0.5) is 4.39 Å². The van der Waals surface area contributed by atoms with Gasteiger partial charge in [-0.05, 0) is 49.6 Å². The normalized spacial score (nSPS) is 12.3. The number of hydrogen-bond acceptors (Lipinski definition) is 1. The Hall–Kier alpha value is -1.38.